The van der Waals surface area contributed by atoms with E-state index in [2.05, 4.69) is 25.9 Å². The third-order valence-electron chi connectivity index (χ3n) is 6.70. The highest BCUT2D eigenvalue weighted by Crippen LogP contribution is 2.22. The first-order valence-corrected chi connectivity index (χ1v) is 13.3. The predicted molar refractivity (Wildman–Crippen MR) is 155 cm³/mol. The van der Waals surface area contributed by atoms with Crippen molar-refractivity contribution in [1.82, 2.24) is 25.9 Å². The highest BCUT2D eigenvalue weighted by atomic mass is 16.4. The Morgan fingerprint density at radius 1 is 0.829 bits per heavy atom. The monoisotopic (exact) mass is 553 g/mol. The number of fused-ring (bicyclic) bond motifs is 1. The Morgan fingerprint density at radius 3 is 2.20 bits per heavy atom. The van der Waals surface area contributed by atoms with Crippen molar-refractivity contribution in [3.05, 3.63) is 108 Å². The van der Waals surface area contributed by atoms with E-state index in [1.165, 1.54) is 18.6 Å². The first-order valence-electron chi connectivity index (χ1n) is 13.3. The molecule has 0 spiro atoms. The number of aromatic nitrogens is 2. The zero-order valence-electron chi connectivity index (χ0n) is 22.8. The van der Waals surface area contributed by atoms with Crippen LogP contribution in [0.4, 0.5) is 0 Å². The van der Waals surface area contributed by atoms with E-state index in [1.807, 2.05) is 60.7 Å². The molecule has 0 radical (unpaired) electrons. The molecule has 11 heteroatoms. The lowest BCUT2D eigenvalue weighted by Crippen LogP contribution is -2.57. The molecule has 5 N–H and O–H groups in total. The fourth-order valence-corrected chi connectivity index (χ4v) is 4.47. The van der Waals surface area contributed by atoms with Crippen LogP contribution in [0.5, 0.6) is 0 Å². The van der Waals surface area contributed by atoms with Gasteiger partial charge in [0.2, 0.25) is 11.8 Å². The minimum atomic E-state index is -1.79. The topological polar surface area (TPSA) is 154 Å². The van der Waals surface area contributed by atoms with Crippen LogP contribution >= 0.6 is 0 Å². The molecular weight excluding hydrogens is 521 g/mol. The molecule has 0 aliphatic carbocycles. The van der Waals surface area contributed by atoms with Crippen molar-refractivity contribution >= 4 is 35.6 Å². The normalized spacial score (nSPS) is 13.2. The summed E-state index contributed by atoms with van der Waals surface area (Å²) in [5.74, 6) is -3.07. The van der Waals surface area contributed by atoms with Crippen molar-refractivity contribution in [1.29, 1.82) is 0 Å². The Morgan fingerprint density at radius 2 is 1.54 bits per heavy atom. The molecular formula is C30H32BN5O5. The van der Waals surface area contributed by atoms with Gasteiger partial charge in [0.1, 0.15) is 17.8 Å². The highest BCUT2D eigenvalue weighted by molar-refractivity contribution is 6.43. The Kier molecular flexibility index (Phi) is 9.78. The number of carbonyl (C=O) groups excluding carboxylic acids is 3. The molecule has 0 fully saturated rings. The van der Waals surface area contributed by atoms with Crippen molar-refractivity contribution < 1.29 is 24.4 Å². The summed E-state index contributed by atoms with van der Waals surface area (Å²) in [6.07, 6.45) is 4.24. The SMILES string of the molecule is CC(C)C(NC(=O)[C@H](Cc1ccccc1)NC(=O)C(NC(=O)c1cnccn1)c1ccc2ccccc2c1)B(O)O. The minimum absolute atomic E-state index is 0.0291. The molecule has 3 amide bonds. The fourth-order valence-electron chi connectivity index (χ4n) is 4.47. The van der Waals surface area contributed by atoms with Crippen LogP contribution in [-0.2, 0) is 16.0 Å². The number of amides is 3. The molecule has 0 aliphatic heterocycles. The highest BCUT2D eigenvalue weighted by Gasteiger charge is 2.33. The first-order chi connectivity index (χ1) is 19.7. The van der Waals surface area contributed by atoms with Crippen LogP contribution in [0.2, 0.25) is 0 Å². The number of carbonyl (C=O) groups is 3. The van der Waals surface area contributed by atoms with E-state index in [9.17, 15) is 24.4 Å². The smallest absolute Gasteiger partial charge is 0.426 e. The molecule has 210 valence electrons. The molecule has 3 atom stereocenters. The van der Waals surface area contributed by atoms with Gasteiger partial charge in [-0.3, -0.25) is 19.4 Å². The zero-order chi connectivity index (χ0) is 29.4. The maximum Gasteiger partial charge on any atom is 0.475 e. The first kappa shape index (κ1) is 29.4. The molecule has 0 saturated carbocycles. The third-order valence-corrected chi connectivity index (χ3v) is 6.70. The molecule has 4 rings (SSSR count). The summed E-state index contributed by atoms with van der Waals surface area (Å²) in [6, 6.07) is 19.9. The van der Waals surface area contributed by atoms with Crippen molar-refractivity contribution in [2.45, 2.75) is 38.3 Å². The molecule has 2 unspecified atom stereocenters. The van der Waals surface area contributed by atoms with Crippen LogP contribution in [-0.4, -0.2) is 56.8 Å². The van der Waals surface area contributed by atoms with Gasteiger partial charge in [-0.05, 0) is 33.9 Å². The van der Waals surface area contributed by atoms with E-state index < -0.39 is 42.9 Å². The average molecular weight is 553 g/mol. The summed E-state index contributed by atoms with van der Waals surface area (Å²) in [5, 5.41) is 29.6. The summed E-state index contributed by atoms with van der Waals surface area (Å²) in [4.78, 5) is 48.3. The molecule has 4 aromatic rings. The maximum absolute atomic E-state index is 13.9. The molecule has 0 saturated heterocycles. The van der Waals surface area contributed by atoms with Gasteiger partial charge < -0.3 is 26.0 Å². The summed E-state index contributed by atoms with van der Waals surface area (Å²) in [5.41, 5.74) is 1.31. The van der Waals surface area contributed by atoms with Crippen LogP contribution in [0, 0.1) is 5.92 Å². The quantitative estimate of drug-likeness (QED) is 0.178. The lowest BCUT2D eigenvalue weighted by atomic mass is 9.73. The number of hydrogen-bond donors (Lipinski definition) is 5. The van der Waals surface area contributed by atoms with E-state index in [0.29, 0.717) is 5.56 Å². The molecule has 0 aliphatic rings. The van der Waals surface area contributed by atoms with Gasteiger partial charge in [-0.2, -0.15) is 0 Å². The molecule has 0 bridgehead atoms. The zero-order valence-corrected chi connectivity index (χ0v) is 22.8. The van der Waals surface area contributed by atoms with Crippen molar-refractivity contribution in [3.8, 4) is 0 Å². The van der Waals surface area contributed by atoms with E-state index >= 15 is 0 Å². The molecule has 10 nitrogen and oxygen atoms in total. The second-order valence-electron chi connectivity index (χ2n) is 10.0. The average Bonchev–Trinajstić information content (AvgIpc) is 2.98. The Balaban J connectivity index is 1.66. The number of rotatable bonds is 11. The van der Waals surface area contributed by atoms with Crippen LogP contribution < -0.4 is 16.0 Å². The Labute approximate surface area is 238 Å². The lowest BCUT2D eigenvalue weighted by Gasteiger charge is -2.27. The van der Waals surface area contributed by atoms with Gasteiger partial charge in [-0.15, -0.1) is 0 Å². The van der Waals surface area contributed by atoms with Gasteiger partial charge >= 0.3 is 7.12 Å². The predicted octanol–water partition coefficient (Wildman–Crippen LogP) is 1.98. The second-order valence-corrected chi connectivity index (χ2v) is 10.0. The Hall–Kier alpha value is -4.61. The minimum Gasteiger partial charge on any atom is -0.426 e. The van der Waals surface area contributed by atoms with Gasteiger partial charge in [0, 0.05) is 18.8 Å². The van der Waals surface area contributed by atoms with Gasteiger partial charge in [-0.1, -0.05) is 80.6 Å². The van der Waals surface area contributed by atoms with Gasteiger partial charge in [0.15, 0.2) is 0 Å². The largest absolute Gasteiger partial charge is 0.475 e. The second kappa shape index (κ2) is 13.6. The molecule has 1 aromatic heterocycles. The molecule has 1 heterocycles. The summed E-state index contributed by atoms with van der Waals surface area (Å²) < 4.78 is 0. The van der Waals surface area contributed by atoms with Gasteiger partial charge in [0.25, 0.3) is 5.91 Å². The lowest BCUT2D eigenvalue weighted by molar-refractivity contribution is -0.130. The molecule has 3 aromatic carbocycles. The van der Waals surface area contributed by atoms with E-state index in [4.69, 9.17) is 0 Å². The molecule has 41 heavy (non-hydrogen) atoms. The van der Waals surface area contributed by atoms with Crippen LogP contribution in [0.15, 0.2) is 91.4 Å². The summed E-state index contributed by atoms with van der Waals surface area (Å²) in [7, 11) is -1.79. The van der Waals surface area contributed by atoms with Crippen molar-refractivity contribution in [3.63, 3.8) is 0 Å². The number of benzene rings is 3. The summed E-state index contributed by atoms with van der Waals surface area (Å²) in [6.45, 7) is 3.49. The van der Waals surface area contributed by atoms with Crippen LogP contribution in [0.3, 0.4) is 0 Å². The van der Waals surface area contributed by atoms with Crippen molar-refractivity contribution in [2.24, 2.45) is 5.92 Å². The van der Waals surface area contributed by atoms with Gasteiger partial charge in [0.05, 0.1) is 12.1 Å². The maximum atomic E-state index is 13.9. The fraction of sp³-hybridized carbons (Fsp3) is 0.233. The van der Waals surface area contributed by atoms with E-state index in [1.54, 1.807) is 26.0 Å². The standard InChI is InChI=1S/C30H32BN5O5/c1-19(2)27(31(40)41)36-28(37)24(16-20-8-4-3-5-9-20)34-30(39)26(35-29(38)25-18-32-14-15-33-25)23-13-12-21-10-6-7-11-22(21)17-23/h3-15,17-19,24,26-27,40-41H,16H2,1-2H3,(H,34,39)(H,35,38)(H,36,37)/t24-,26?,27?/m0/s1. The van der Waals surface area contributed by atoms with E-state index in [0.717, 1.165) is 16.3 Å². The van der Waals surface area contributed by atoms with Crippen LogP contribution in [0.25, 0.3) is 10.8 Å². The van der Waals surface area contributed by atoms with Crippen LogP contribution in [0.1, 0.15) is 41.5 Å². The Bertz CT molecular complexity index is 1480. The number of nitrogens with one attached hydrogen (secondary N) is 3. The third kappa shape index (κ3) is 7.74. The number of hydrogen-bond acceptors (Lipinski definition) is 7. The van der Waals surface area contributed by atoms with Crippen molar-refractivity contribution in [2.75, 3.05) is 0 Å². The summed E-state index contributed by atoms with van der Waals surface area (Å²) >= 11 is 0. The van der Waals surface area contributed by atoms with Gasteiger partial charge in [-0.25, -0.2) is 4.98 Å². The van der Waals surface area contributed by atoms with E-state index in [-0.39, 0.29) is 18.0 Å². The number of nitrogens with zero attached hydrogens (tertiary/aromatic N) is 2.